The summed E-state index contributed by atoms with van der Waals surface area (Å²) in [6.07, 6.45) is 0.569. The van der Waals surface area contributed by atoms with Crippen molar-refractivity contribution >= 4 is 16.9 Å². The third-order valence-corrected chi connectivity index (χ3v) is 3.82. The highest BCUT2D eigenvalue weighted by Crippen LogP contribution is 2.30. The van der Waals surface area contributed by atoms with Crippen LogP contribution < -0.4 is 5.56 Å². The molecule has 5 heteroatoms. The summed E-state index contributed by atoms with van der Waals surface area (Å²) in [4.78, 5) is 26.8. The maximum Gasteiger partial charge on any atom is 0.347 e. The van der Waals surface area contributed by atoms with Crippen LogP contribution in [-0.4, -0.2) is 22.7 Å². The van der Waals surface area contributed by atoms with E-state index in [0.717, 1.165) is 11.1 Å². The van der Waals surface area contributed by atoms with Crippen molar-refractivity contribution in [1.82, 2.24) is 4.98 Å². The van der Waals surface area contributed by atoms with Gasteiger partial charge in [-0.2, -0.15) is 0 Å². The molecule has 0 fully saturated rings. The van der Waals surface area contributed by atoms with Gasteiger partial charge in [0.15, 0.2) is 5.56 Å². The first-order chi connectivity index (χ1) is 11.6. The maximum absolute atomic E-state index is 12.1. The monoisotopic (exact) mass is 323 g/mol. The van der Waals surface area contributed by atoms with Gasteiger partial charge in [-0.15, -0.1) is 0 Å². The Morgan fingerprint density at radius 1 is 1.12 bits per heavy atom. The average Bonchev–Trinajstić information content (AvgIpc) is 2.56. The third kappa shape index (κ3) is 2.88. The lowest BCUT2D eigenvalue weighted by molar-refractivity contribution is 0.0521. The van der Waals surface area contributed by atoms with Crippen molar-refractivity contribution in [2.24, 2.45) is 0 Å². The lowest BCUT2D eigenvalue weighted by atomic mass is 9.98. The number of carbonyl (C=O) groups excluding carboxylic acids is 1. The summed E-state index contributed by atoms with van der Waals surface area (Å²) >= 11 is 0. The molecule has 2 aromatic carbocycles. The van der Waals surface area contributed by atoms with Gasteiger partial charge in [-0.1, -0.05) is 42.5 Å². The van der Waals surface area contributed by atoms with Gasteiger partial charge < -0.3 is 14.8 Å². The van der Waals surface area contributed by atoms with Crippen LogP contribution in [-0.2, 0) is 11.2 Å². The van der Waals surface area contributed by atoms with Crippen LogP contribution in [0, 0.1) is 0 Å². The normalized spacial score (nSPS) is 10.7. The Hall–Kier alpha value is -3.08. The van der Waals surface area contributed by atoms with Gasteiger partial charge in [-0.3, -0.25) is 4.79 Å². The summed E-state index contributed by atoms with van der Waals surface area (Å²) in [5.41, 5.74) is 1.35. The van der Waals surface area contributed by atoms with Crippen molar-refractivity contribution < 1.29 is 14.6 Å². The number of ether oxygens (including phenoxy) is 1. The molecule has 0 aliphatic rings. The SMILES string of the molecule is CCOC(=O)c1c(O)c2c(Cc3ccccc3)cccc2[nH]c1=O. The Morgan fingerprint density at radius 3 is 2.58 bits per heavy atom. The largest absolute Gasteiger partial charge is 0.506 e. The van der Waals surface area contributed by atoms with Gasteiger partial charge in [0.05, 0.1) is 12.1 Å². The highest BCUT2D eigenvalue weighted by atomic mass is 16.5. The van der Waals surface area contributed by atoms with Gasteiger partial charge in [0.25, 0.3) is 5.56 Å². The van der Waals surface area contributed by atoms with E-state index in [1.807, 2.05) is 36.4 Å². The fourth-order valence-electron chi connectivity index (χ4n) is 2.76. The van der Waals surface area contributed by atoms with Crippen molar-refractivity contribution in [3.63, 3.8) is 0 Å². The quantitative estimate of drug-likeness (QED) is 0.723. The van der Waals surface area contributed by atoms with Crippen molar-refractivity contribution in [2.75, 3.05) is 6.61 Å². The zero-order valence-corrected chi connectivity index (χ0v) is 13.2. The molecule has 5 nitrogen and oxygen atoms in total. The second kappa shape index (κ2) is 6.58. The second-order valence-electron chi connectivity index (χ2n) is 5.40. The molecule has 1 aromatic heterocycles. The van der Waals surface area contributed by atoms with E-state index in [0.29, 0.717) is 17.3 Å². The van der Waals surface area contributed by atoms with Crippen molar-refractivity contribution in [1.29, 1.82) is 0 Å². The molecule has 0 aliphatic heterocycles. The highest BCUT2D eigenvalue weighted by molar-refractivity contribution is 6.00. The van der Waals surface area contributed by atoms with Crippen LogP contribution in [0.3, 0.4) is 0 Å². The van der Waals surface area contributed by atoms with Gasteiger partial charge in [-0.25, -0.2) is 4.79 Å². The minimum Gasteiger partial charge on any atom is -0.506 e. The van der Waals surface area contributed by atoms with Crippen LogP contribution in [0.5, 0.6) is 5.75 Å². The molecule has 0 bridgehead atoms. The van der Waals surface area contributed by atoms with E-state index in [9.17, 15) is 14.7 Å². The van der Waals surface area contributed by atoms with Crippen LogP contribution in [0.25, 0.3) is 10.9 Å². The van der Waals surface area contributed by atoms with Crippen LogP contribution in [0.15, 0.2) is 53.3 Å². The number of nitrogens with one attached hydrogen (secondary N) is 1. The summed E-state index contributed by atoms with van der Waals surface area (Å²) in [7, 11) is 0. The first-order valence-electron chi connectivity index (χ1n) is 7.69. The number of aromatic nitrogens is 1. The van der Waals surface area contributed by atoms with Gasteiger partial charge >= 0.3 is 5.97 Å². The molecular weight excluding hydrogens is 306 g/mol. The number of fused-ring (bicyclic) bond motifs is 1. The summed E-state index contributed by atoms with van der Waals surface area (Å²) in [5, 5.41) is 11.0. The molecule has 0 saturated heterocycles. The number of aromatic amines is 1. The number of H-pyrrole nitrogens is 1. The minimum atomic E-state index is -0.826. The Labute approximate surface area is 138 Å². The van der Waals surface area contributed by atoms with Crippen LogP contribution in [0.1, 0.15) is 28.4 Å². The maximum atomic E-state index is 12.1. The third-order valence-electron chi connectivity index (χ3n) is 3.82. The molecule has 0 radical (unpaired) electrons. The summed E-state index contributed by atoms with van der Waals surface area (Å²) in [6.45, 7) is 1.77. The number of carbonyl (C=O) groups is 1. The van der Waals surface area contributed by atoms with Gasteiger partial charge in [0.2, 0.25) is 0 Å². The molecule has 0 atom stereocenters. The molecular formula is C19H17NO4. The molecule has 0 spiro atoms. The summed E-state index contributed by atoms with van der Waals surface area (Å²) in [5.74, 6) is -1.16. The number of hydrogen-bond donors (Lipinski definition) is 2. The van der Waals surface area contributed by atoms with E-state index < -0.39 is 11.5 Å². The number of aromatic hydroxyl groups is 1. The molecule has 0 aliphatic carbocycles. The van der Waals surface area contributed by atoms with Crippen LogP contribution in [0.4, 0.5) is 0 Å². The minimum absolute atomic E-state index is 0.126. The molecule has 3 aromatic rings. The average molecular weight is 323 g/mol. The topological polar surface area (TPSA) is 79.4 Å². The number of pyridine rings is 1. The van der Waals surface area contributed by atoms with Gasteiger partial charge in [-0.05, 0) is 30.5 Å². The van der Waals surface area contributed by atoms with E-state index in [-0.39, 0.29) is 17.9 Å². The standard InChI is InChI=1S/C19H17NO4/c1-2-24-19(23)16-17(21)15-13(11-12-7-4-3-5-8-12)9-6-10-14(15)20-18(16)22/h3-10H,2,11H2,1H3,(H2,20,21,22). The highest BCUT2D eigenvalue weighted by Gasteiger charge is 2.21. The molecule has 0 amide bonds. The van der Waals surface area contributed by atoms with Crippen molar-refractivity contribution in [3.8, 4) is 5.75 Å². The lowest BCUT2D eigenvalue weighted by Crippen LogP contribution is -2.20. The molecule has 2 N–H and O–H groups in total. The Morgan fingerprint density at radius 2 is 1.88 bits per heavy atom. The number of benzene rings is 2. The predicted octanol–water partition coefficient (Wildman–Crippen LogP) is 3.00. The van der Waals surface area contributed by atoms with Crippen LogP contribution in [0.2, 0.25) is 0 Å². The first kappa shape index (κ1) is 15.8. The first-order valence-corrected chi connectivity index (χ1v) is 7.69. The smallest absolute Gasteiger partial charge is 0.347 e. The van der Waals surface area contributed by atoms with Gasteiger partial charge in [0.1, 0.15) is 5.75 Å². The zero-order chi connectivity index (χ0) is 17.1. The number of esters is 1. The fraction of sp³-hybridized carbons (Fsp3) is 0.158. The zero-order valence-electron chi connectivity index (χ0n) is 13.2. The molecule has 0 unspecified atom stereocenters. The van der Waals surface area contributed by atoms with Gasteiger partial charge in [0, 0.05) is 5.39 Å². The molecule has 122 valence electrons. The van der Waals surface area contributed by atoms with Crippen molar-refractivity contribution in [2.45, 2.75) is 13.3 Å². The fourth-order valence-corrected chi connectivity index (χ4v) is 2.76. The van der Waals surface area contributed by atoms with E-state index in [1.165, 1.54) is 0 Å². The molecule has 24 heavy (non-hydrogen) atoms. The summed E-state index contributed by atoms with van der Waals surface area (Å²) < 4.78 is 4.88. The number of hydrogen-bond acceptors (Lipinski definition) is 4. The summed E-state index contributed by atoms with van der Waals surface area (Å²) in [6, 6.07) is 15.1. The van der Waals surface area contributed by atoms with E-state index >= 15 is 0 Å². The van der Waals surface area contributed by atoms with E-state index in [4.69, 9.17) is 4.74 Å². The van der Waals surface area contributed by atoms with Crippen LogP contribution >= 0.6 is 0 Å². The van der Waals surface area contributed by atoms with E-state index in [1.54, 1.807) is 19.1 Å². The predicted molar refractivity (Wildman–Crippen MR) is 91.4 cm³/mol. The van der Waals surface area contributed by atoms with Crippen molar-refractivity contribution in [3.05, 3.63) is 75.6 Å². The Kier molecular flexibility index (Phi) is 4.33. The van der Waals surface area contributed by atoms with E-state index in [2.05, 4.69) is 4.98 Å². The Bertz CT molecular complexity index is 945. The lowest BCUT2D eigenvalue weighted by Gasteiger charge is -2.11. The molecule has 0 saturated carbocycles. The second-order valence-corrected chi connectivity index (χ2v) is 5.40. The Balaban J connectivity index is 2.19. The number of rotatable bonds is 4. The molecule has 1 heterocycles. The molecule has 3 rings (SSSR count).